The average molecular weight is 270 g/mol. The summed E-state index contributed by atoms with van der Waals surface area (Å²) in [6, 6.07) is 0. The smallest absolute Gasteiger partial charge is 0.223 e. The van der Waals surface area contributed by atoms with Gasteiger partial charge < -0.3 is 9.64 Å². The van der Waals surface area contributed by atoms with Gasteiger partial charge in [0.05, 0.1) is 25.4 Å². The zero-order chi connectivity index (χ0) is 13.0. The van der Waals surface area contributed by atoms with E-state index in [1.807, 2.05) is 9.58 Å². The van der Waals surface area contributed by atoms with Crippen molar-refractivity contribution in [3.8, 4) is 0 Å². The Kier molecular flexibility index (Phi) is 4.60. The highest BCUT2D eigenvalue weighted by Crippen LogP contribution is 2.17. The molecule has 0 spiro atoms. The van der Waals surface area contributed by atoms with Crippen LogP contribution in [0.4, 0.5) is 0 Å². The van der Waals surface area contributed by atoms with Crippen LogP contribution in [0.15, 0.2) is 0 Å². The van der Waals surface area contributed by atoms with Crippen molar-refractivity contribution in [1.82, 2.24) is 19.9 Å². The molecule has 1 aliphatic heterocycles. The van der Waals surface area contributed by atoms with Gasteiger partial charge in [0, 0.05) is 26.5 Å². The van der Waals surface area contributed by atoms with Gasteiger partial charge in [-0.3, -0.25) is 4.79 Å². The Labute approximate surface area is 112 Å². The lowest BCUT2D eigenvalue weighted by Gasteiger charge is -2.26. The monoisotopic (exact) mass is 270 g/mol. The molecule has 7 heteroatoms. The van der Waals surface area contributed by atoms with E-state index in [0.29, 0.717) is 31.9 Å². The van der Waals surface area contributed by atoms with Crippen LogP contribution in [-0.4, -0.2) is 51.8 Å². The van der Waals surface area contributed by atoms with E-state index in [4.69, 9.17) is 4.74 Å². The molecule has 0 atom stereocenters. The molecule has 0 aromatic carbocycles. The predicted molar refractivity (Wildman–Crippen MR) is 69.5 cm³/mol. The molecule has 1 aliphatic rings. The summed E-state index contributed by atoms with van der Waals surface area (Å²) in [5.41, 5.74) is 2.03. The predicted octanol–water partition coefficient (Wildman–Crippen LogP) is 0.129. The molecule has 2 rings (SSSR count). The summed E-state index contributed by atoms with van der Waals surface area (Å²) >= 11 is 4.08. The molecule has 0 fully saturated rings. The minimum Gasteiger partial charge on any atom is -0.383 e. The molecule has 0 N–H and O–H groups in total. The summed E-state index contributed by atoms with van der Waals surface area (Å²) in [4.78, 5) is 13.6. The molecule has 1 aromatic heterocycles. The minimum atomic E-state index is 0.141. The molecule has 1 amide bonds. The lowest BCUT2D eigenvalue weighted by molar-refractivity contribution is -0.131. The zero-order valence-electron chi connectivity index (χ0n) is 10.5. The van der Waals surface area contributed by atoms with Crippen molar-refractivity contribution in [3.05, 3.63) is 11.4 Å². The van der Waals surface area contributed by atoms with Crippen LogP contribution < -0.4 is 0 Å². The molecule has 18 heavy (non-hydrogen) atoms. The number of fused-ring (bicyclic) bond motifs is 1. The fraction of sp³-hybridized carbons (Fsp3) is 0.727. The zero-order valence-corrected chi connectivity index (χ0v) is 11.4. The van der Waals surface area contributed by atoms with Crippen molar-refractivity contribution in [2.24, 2.45) is 0 Å². The van der Waals surface area contributed by atoms with E-state index >= 15 is 0 Å². The summed E-state index contributed by atoms with van der Waals surface area (Å²) in [6.45, 7) is 2.64. The first kappa shape index (κ1) is 13.4. The Morgan fingerprint density at radius 1 is 1.56 bits per heavy atom. The van der Waals surface area contributed by atoms with Crippen LogP contribution >= 0.6 is 12.6 Å². The van der Waals surface area contributed by atoms with Crippen molar-refractivity contribution in [2.45, 2.75) is 25.9 Å². The number of hydrogen-bond donors (Lipinski definition) is 1. The van der Waals surface area contributed by atoms with E-state index in [1.54, 1.807) is 7.11 Å². The van der Waals surface area contributed by atoms with Crippen LogP contribution in [0.25, 0.3) is 0 Å². The van der Waals surface area contributed by atoms with Gasteiger partial charge in [0.1, 0.15) is 5.69 Å². The largest absolute Gasteiger partial charge is 0.383 e. The second-order valence-corrected chi connectivity index (χ2v) is 4.68. The van der Waals surface area contributed by atoms with E-state index in [9.17, 15) is 4.79 Å². The average Bonchev–Trinajstić information content (AvgIpc) is 2.79. The first-order valence-electron chi connectivity index (χ1n) is 6.05. The molecule has 0 unspecified atom stereocenters. The van der Waals surface area contributed by atoms with Gasteiger partial charge in [0.2, 0.25) is 5.91 Å². The second-order valence-electron chi connectivity index (χ2n) is 4.24. The standard InChI is InChI=1S/C11H18N4O2S/c1-17-6-5-15-10-2-4-14(11(16)3-7-18)8-9(10)12-13-15/h18H,2-8H2,1H3. The van der Waals surface area contributed by atoms with Crippen molar-refractivity contribution in [1.29, 1.82) is 0 Å². The van der Waals surface area contributed by atoms with E-state index < -0.39 is 0 Å². The number of rotatable bonds is 5. The number of nitrogens with zero attached hydrogens (tertiary/aromatic N) is 4. The van der Waals surface area contributed by atoms with Crippen molar-refractivity contribution >= 4 is 18.5 Å². The van der Waals surface area contributed by atoms with E-state index in [-0.39, 0.29) is 5.91 Å². The summed E-state index contributed by atoms with van der Waals surface area (Å²) in [7, 11) is 1.67. The highest BCUT2D eigenvalue weighted by molar-refractivity contribution is 7.80. The molecule has 6 nitrogen and oxygen atoms in total. The maximum atomic E-state index is 11.8. The molecule has 100 valence electrons. The van der Waals surface area contributed by atoms with Crippen LogP contribution in [-0.2, 0) is 29.0 Å². The quantitative estimate of drug-likeness (QED) is 0.773. The molecule has 0 saturated carbocycles. The van der Waals surface area contributed by atoms with Gasteiger partial charge in [-0.25, -0.2) is 4.68 Å². The summed E-state index contributed by atoms with van der Waals surface area (Å²) < 4.78 is 6.91. The maximum absolute atomic E-state index is 11.8. The van der Waals surface area contributed by atoms with Gasteiger partial charge in [-0.2, -0.15) is 12.6 Å². The van der Waals surface area contributed by atoms with Crippen LogP contribution in [0.1, 0.15) is 17.8 Å². The normalized spacial score (nSPS) is 14.7. The third-order valence-electron chi connectivity index (χ3n) is 3.06. The number of amides is 1. The van der Waals surface area contributed by atoms with Crippen molar-refractivity contribution < 1.29 is 9.53 Å². The molecular weight excluding hydrogens is 252 g/mol. The van der Waals surface area contributed by atoms with E-state index in [2.05, 4.69) is 22.9 Å². The number of aromatic nitrogens is 3. The molecule has 0 saturated heterocycles. The van der Waals surface area contributed by atoms with Crippen molar-refractivity contribution in [3.63, 3.8) is 0 Å². The van der Waals surface area contributed by atoms with Crippen LogP contribution in [0.2, 0.25) is 0 Å². The fourth-order valence-corrected chi connectivity index (χ4v) is 2.28. The highest BCUT2D eigenvalue weighted by Gasteiger charge is 2.24. The highest BCUT2D eigenvalue weighted by atomic mass is 32.1. The summed E-state index contributed by atoms with van der Waals surface area (Å²) in [5.74, 6) is 0.727. The van der Waals surface area contributed by atoms with Crippen LogP contribution in [0.3, 0.4) is 0 Å². The Morgan fingerprint density at radius 2 is 2.39 bits per heavy atom. The Balaban J connectivity index is 2.02. The van der Waals surface area contributed by atoms with Crippen LogP contribution in [0.5, 0.6) is 0 Å². The molecule has 1 aromatic rings. The first-order valence-corrected chi connectivity index (χ1v) is 6.68. The fourth-order valence-electron chi connectivity index (χ4n) is 2.09. The summed E-state index contributed by atoms with van der Waals surface area (Å²) in [5, 5.41) is 8.26. The van der Waals surface area contributed by atoms with Gasteiger partial charge in [-0.1, -0.05) is 5.21 Å². The number of methoxy groups -OCH3 is 1. The third kappa shape index (κ3) is 2.84. The van der Waals surface area contributed by atoms with Gasteiger partial charge in [0.25, 0.3) is 0 Å². The molecule has 2 heterocycles. The number of thiol groups is 1. The van der Waals surface area contributed by atoms with Gasteiger partial charge in [-0.15, -0.1) is 5.10 Å². The Hall–Kier alpha value is -1.08. The number of ether oxygens (including phenoxy) is 1. The number of carbonyl (C=O) groups is 1. The summed E-state index contributed by atoms with van der Waals surface area (Å²) in [6.07, 6.45) is 1.29. The minimum absolute atomic E-state index is 0.141. The molecule has 0 radical (unpaired) electrons. The van der Waals surface area contributed by atoms with Crippen molar-refractivity contribution in [2.75, 3.05) is 26.0 Å². The van der Waals surface area contributed by atoms with Gasteiger partial charge >= 0.3 is 0 Å². The first-order chi connectivity index (χ1) is 8.76. The molecule has 0 aliphatic carbocycles. The van der Waals surface area contributed by atoms with Gasteiger partial charge in [-0.05, 0) is 5.75 Å². The van der Waals surface area contributed by atoms with E-state index in [0.717, 1.165) is 24.4 Å². The van der Waals surface area contributed by atoms with Gasteiger partial charge in [0.15, 0.2) is 0 Å². The molecule has 0 bridgehead atoms. The maximum Gasteiger partial charge on any atom is 0.223 e. The second kappa shape index (κ2) is 6.19. The topological polar surface area (TPSA) is 60.2 Å². The number of hydrogen-bond acceptors (Lipinski definition) is 5. The van der Waals surface area contributed by atoms with E-state index in [1.165, 1.54) is 0 Å². The lowest BCUT2D eigenvalue weighted by Crippen LogP contribution is -2.36. The Morgan fingerprint density at radius 3 is 3.11 bits per heavy atom. The lowest BCUT2D eigenvalue weighted by atomic mass is 10.1. The van der Waals surface area contributed by atoms with Crippen LogP contribution in [0, 0.1) is 0 Å². The number of carbonyl (C=O) groups excluding carboxylic acids is 1. The Bertz CT molecular complexity index is 421. The SMILES string of the molecule is COCCn1nnc2c1CCN(C(=O)CCS)C2. The molecular formula is C11H18N4O2S. The third-order valence-corrected chi connectivity index (χ3v) is 3.29.